The topological polar surface area (TPSA) is 62.2 Å². The van der Waals surface area contributed by atoms with E-state index < -0.39 is 5.97 Å². The molecule has 0 aliphatic rings. The highest BCUT2D eigenvalue weighted by molar-refractivity contribution is 7.15. The first-order chi connectivity index (χ1) is 8.56. The predicted octanol–water partition coefficient (Wildman–Crippen LogP) is 3.42. The zero-order valence-electron chi connectivity index (χ0n) is 9.61. The minimum atomic E-state index is -0.932. The number of aromatic carboxylic acids is 1. The third kappa shape index (κ3) is 3.00. The smallest absolute Gasteiger partial charge is 0.335 e. The Morgan fingerprint density at radius 2 is 2.33 bits per heavy atom. The molecule has 0 spiro atoms. The molecule has 0 amide bonds. The van der Waals surface area contributed by atoms with Crippen LogP contribution in [0.3, 0.4) is 0 Å². The van der Waals surface area contributed by atoms with Gasteiger partial charge < -0.3 is 10.4 Å². The van der Waals surface area contributed by atoms with E-state index in [1.165, 1.54) is 11.3 Å². The average Bonchev–Trinajstić information content (AvgIpc) is 2.74. The molecule has 0 fully saturated rings. The lowest BCUT2D eigenvalue weighted by Crippen LogP contribution is -2.03. The Hall–Kier alpha value is -1.59. The molecule has 0 radical (unpaired) electrons. The Morgan fingerprint density at radius 3 is 2.94 bits per heavy atom. The largest absolute Gasteiger partial charge is 0.478 e. The minimum absolute atomic E-state index is 0.269. The van der Waals surface area contributed by atoms with Crippen molar-refractivity contribution in [1.82, 2.24) is 4.98 Å². The van der Waals surface area contributed by atoms with Crippen LogP contribution >= 0.6 is 22.9 Å². The Morgan fingerprint density at radius 1 is 1.56 bits per heavy atom. The van der Waals surface area contributed by atoms with E-state index in [-0.39, 0.29) is 5.56 Å². The van der Waals surface area contributed by atoms with Crippen LogP contribution in [0.5, 0.6) is 0 Å². The first kappa shape index (κ1) is 12.9. The van der Waals surface area contributed by atoms with E-state index >= 15 is 0 Å². The van der Waals surface area contributed by atoms with Crippen LogP contribution in [0, 0.1) is 6.92 Å². The van der Waals surface area contributed by atoms with Crippen LogP contribution in [-0.4, -0.2) is 16.1 Å². The van der Waals surface area contributed by atoms with E-state index in [2.05, 4.69) is 10.3 Å². The molecule has 6 heteroatoms. The van der Waals surface area contributed by atoms with Crippen LogP contribution in [0.2, 0.25) is 4.47 Å². The molecular weight excluding hydrogens is 272 g/mol. The van der Waals surface area contributed by atoms with Gasteiger partial charge in [-0.1, -0.05) is 17.7 Å². The second-order valence-corrected chi connectivity index (χ2v) is 5.47. The number of benzene rings is 1. The number of carboxylic acids is 1. The van der Waals surface area contributed by atoms with Crippen molar-refractivity contribution >= 4 is 34.6 Å². The van der Waals surface area contributed by atoms with Crippen molar-refractivity contribution < 1.29 is 9.90 Å². The van der Waals surface area contributed by atoms with Crippen LogP contribution in [0.4, 0.5) is 5.69 Å². The number of carboxylic acid groups (broad SMARTS) is 1. The van der Waals surface area contributed by atoms with Crippen molar-refractivity contribution in [1.29, 1.82) is 0 Å². The first-order valence-corrected chi connectivity index (χ1v) is 6.44. The summed E-state index contributed by atoms with van der Waals surface area (Å²) in [6.07, 6.45) is 1.70. The summed E-state index contributed by atoms with van der Waals surface area (Å²) in [7, 11) is 0. The minimum Gasteiger partial charge on any atom is -0.478 e. The zero-order chi connectivity index (χ0) is 13.1. The lowest BCUT2D eigenvalue weighted by molar-refractivity contribution is 0.0697. The van der Waals surface area contributed by atoms with Gasteiger partial charge in [0.15, 0.2) is 4.47 Å². The molecule has 1 aromatic heterocycles. The number of carbonyl (C=O) groups is 1. The fraction of sp³-hybridized carbons (Fsp3) is 0.167. The van der Waals surface area contributed by atoms with E-state index in [1.807, 2.05) is 6.92 Å². The van der Waals surface area contributed by atoms with Crippen LogP contribution in [0.1, 0.15) is 20.8 Å². The van der Waals surface area contributed by atoms with E-state index in [0.717, 1.165) is 16.1 Å². The third-order valence-electron chi connectivity index (χ3n) is 2.46. The summed E-state index contributed by atoms with van der Waals surface area (Å²) in [5.74, 6) is -0.932. The third-order valence-corrected chi connectivity index (χ3v) is 3.58. The molecule has 2 N–H and O–H groups in total. The van der Waals surface area contributed by atoms with Gasteiger partial charge in [0, 0.05) is 16.8 Å². The number of thiazole rings is 1. The van der Waals surface area contributed by atoms with E-state index in [1.54, 1.807) is 24.4 Å². The highest BCUT2D eigenvalue weighted by Crippen LogP contribution is 2.21. The normalized spacial score (nSPS) is 10.3. The maximum atomic E-state index is 10.9. The number of halogens is 1. The zero-order valence-corrected chi connectivity index (χ0v) is 11.2. The van der Waals surface area contributed by atoms with Gasteiger partial charge >= 0.3 is 5.97 Å². The molecule has 0 atom stereocenters. The van der Waals surface area contributed by atoms with Crippen molar-refractivity contribution in [3.05, 3.63) is 44.9 Å². The lowest BCUT2D eigenvalue weighted by atomic mass is 10.1. The molecule has 1 heterocycles. The molecule has 2 rings (SSSR count). The van der Waals surface area contributed by atoms with Crippen LogP contribution in [0.15, 0.2) is 24.4 Å². The molecule has 0 saturated heterocycles. The van der Waals surface area contributed by atoms with Crippen molar-refractivity contribution in [2.75, 3.05) is 5.32 Å². The van der Waals surface area contributed by atoms with Gasteiger partial charge in [0.2, 0.25) is 0 Å². The molecule has 2 aromatic rings. The highest BCUT2D eigenvalue weighted by atomic mass is 35.5. The van der Waals surface area contributed by atoms with Crippen molar-refractivity contribution in [2.24, 2.45) is 0 Å². The fourth-order valence-electron chi connectivity index (χ4n) is 1.49. The standard InChI is InChI=1S/C12H11ClN2O2S/c1-7-2-3-8(11(16)17)4-10(7)14-5-9-6-15-12(13)18-9/h2-4,6,14H,5H2,1H3,(H,16,17). The van der Waals surface area contributed by atoms with Crippen molar-refractivity contribution in [2.45, 2.75) is 13.5 Å². The molecule has 1 aromatic carbocycles. The van der Waals surface area contributed by atoms with Gasteiger partial charge in [0.25, 0.3) is 0 Å². The first-order valence-electron chi connectivity index (χ1n) is 5.24. The van der Waals surface area contributed by atoms with Gasteiger partial charge in [-0.2, -0.15) is 0 Å². The van der Waals surface area contributed by atoms with E-state index in [0.29, 0.717) is 11.0 Å². The number of hydrogen-bond acceptors (Lipinski definition) is 4. The number of nitrogens with one attached hydrogen (secondary N) is 1. The number of anilines is 1. The molecule has 0 aliphatic carbocycles. The maximum absolute atomic E-state index is 10.9. The summed E-state index contributed by atoms with van der Waals surface area (Å²) in [4.78, 5) is 15.8. The molecule has 94 valence electrons. The van der Waals surface area contributed by atoms with Crippen LogP contribution in [0.25, 0.3) is 0 Å². The molecule has 4 nitrogen and oxygen atoms in total. The molecule has 0 aliphatic heterocycles. The fourth-order valence-corrected chi connectivity index (χ4v) is 2.41. The number of aromatic nitrogens is 1. The molecule has 0 saturated carbocycles. The summed E-state index contributed by atoms with van der Waals surface area (Å²) in [6, 6.07) is 5.00. The number of aryl methyl sites for hydroxylation is 1. The molecule has 0 unspecified atom stereocenters. The Bertz CT molecular complexity index is 583. The van der Waals surface area contributed by atoms with Crippen molar-refractivity contribution in [3.8, 4) is 0 Å². The van der Waals surface area contributed by atoms with Gasteiger partial charge in [-0.15, -0.1) is 11.3 Å². The average molecular weight is 283 g/mol. The van der Waals surface area contributed by atoms with Crippen molar-refractivity contribution in [3.63, 3.8) is 0 Å². The molecule has 18 heavy (non-hydrogen) atoms. The van der Waals surface area contributed by atoms with Gasteiger partial charge in [-0.25, -0.2) is 9.78 Å². The number of nitrogens with zero attached hydrogens (tertiary/aromatic N) is 1. The summed E-state index contributed by atoms with van der Waals surface area (Å²) >= 11 is 7.14. The summed E-state index contributed by atoms with van der Waals surface area (Å²) in [5.41, 5.74) is 2.07. The number of hydrogen-bond donors (Lipinski definition) is 2. The maximum Gasteiger partial charge on any atom is 0.335 e. The van der Waals surface area contributed by atoms with Gasteiger partial charge in [-0.05, 0) is 24.6 Å². The van der Waals surface area contributed by atoms with Crippen LogP contribution < -0.4 is 5.32 Å². The Kier molecular flexibility index (Phi) is 3.84. The quantitative estimate of drug-likeness (QED) is 0.902. The van der Waals surface area contributed by atoms with Gasteiger partial charge in [0.05, 0.1) is 12.1 Å². The van der Waals surface area contributed by atoms with Gasteiger partial charge in [-0.3, -0.25) is 0 Å². The monoisotopic (exact) mass is 282 g/mol. The van der Waals surface area contributed by atoms with Gasteiger partial charge in [0.1, 0.15) is 0 Å². The highest BCUT2D eigenvalue weighted by Gasteiger charge is 2.06. The summed E-state index contributed by atoms with van der Waals surface area (Å²) in [5, 5.41) is 12.1. The SMILES string of the molecule is Cc1ccc(C(=O)O)cc1NCc1cnc(Cl)s1. The van der Waals surface area contributed by atoms with E-state index in [4.69, 9.17) is 16.7 Å². The Labute approximate surface area is 113 Å². The van der Waals surface area contributed by atoms with E-state index in [9.17, 15) is 4.79 Å². The summed E-state index contributed by atoms with van der Waals surface area (Å²) in [6.45, 7) is 2.50. The Balaban J connectivity index is 2.13. The van der Waals surface area contributed by atoms with Crippen LogP contribution in [-0.2, 0) is 6.54 Å². The predicted molar refractivity (Wildman–Crippen MR) is 72.6 cm³/mol. The second-order valence-electron chi connectivity index (χ2n) is 3.77. The lowest BCUT2D eigenvalue weighted by Gasteiger charge is -2.09. The summed E-state index contributed by atoms with van der Waals surface area (Å²) < 4.78 is 0.503. The second kappa shape index (κ2) is 5.37. The molecule has 0 bridgehead atoms. The number of rotatable bonds is 4. The molecular formula is C12H11ClN2O2S.